The molecule has 0 aliphatic carbocycles. The molecule has 26 heavy (non-hydrogen) atoms. The Labute approximate surface area is 166 Å². The Kier molecular flexibility index (Phi) is 5.60. The van der Waals surface area contributed by atoms with Gasteiger partial charge in [0.25, 0.3) is 11.6 Å². The van der Waals surface area contributed by atoms with Crippen LogP contribution in [0.3, 0.4) is 0 Å². The van der Waals surface area contributed by atoms with Crippen molar-refractivity contribution in [1.29, 1.82) is 0 Å². The Hall–Kier alpha value is -2.36. The summed E-state index contributed by atoms with van der Waals surface area (Å²) >= 11 is 9.76. The Balaban J connectivity index is 1.76. The predicted octanol–water partition coefficient (Wildman–Crippen LogP) is 4.59. The van der Waals surface area contributed by atoms with E-state index in [2.05, 4.69) is 21.0 Å². The van der Waals surface area contributed by atoms with Gasteiger partial charge in [0.2, 0.25) is 0 Å². The largest absolute Gasteiger partial charge is 0.286 e. The van der Waals surface area contributed by atoms with E-state index in [1.807, 2.05) is 24.3 Å². The fourth-order valence-corrected chi connectivity index (χ4v) is 3.51. The second-order valence-corrected chi connectivity index (χ2v) is 7.73. The van der Waals surface area contributed by atoms with Crippen LogP contribution in [0.25, 0.3) is 6.08 Å². The molecule has 0 aromatic heterocycles. The van der Waals surface area contributed by atoms with Crippen molar-refractivity contribution in [3.63, 3.8) is 0 Å². The van der Waals surface area contributed by atoms with Crippen molar-refractivity contribution in [2.45, 2.75) is 0 Å². The number of nitro benzene ring substituents is 1. The average Bonchev–Trinajstić information content (AvgIpc) is 2.89. The number of amides is 1. The monoisotopic (exact) mass is 447 g/mol. The lowest BCUT2D eigenvalue weighted by Crippen LogP contribution is -2.22. The second-order valence-electron chi connectivity index (χ2n) is 5.14. The van der Waals surface area contributed by atoms with E-state index < -0.39 is 4.92 Å². The highest BCUT2D eigenvalue weighted by Gasteiger charge is 2.32. The van der Waals surface area contributed by atoms with Crippen LogP contribution in [0.2, 0.25) is 0 Å². The first-order valence-electron chi connectivity index (χ1n) is 7.26. The summed E-state index contributed by atoms with van der Waals surface area (Å²) < 4.78 is 1.28. The van der Waals surface area contributed by atoms with E-state index in [4.69, 9.17) is 12.2 Å². The third-order valence-corrected chi connectivity index (χ3v) is 5.18. The van der Waals surface area contributed by atoms with Crippen LogP contribution in [0.4, 0.5) is 5.69 Å². The van der Waals surface area contributed by atoms with Gasteiger partial charge in [-0.1, -0.05) is 39.8 Å². The Morgan fingerprint density at radius 3 is 2.35 bits per heavy atom. The molecule has 1 amide bonds. The number of rotatable bonds is 4. The number of thioether (sulfide) groups is 1. The highest BCUT2D eigenvalue weighted by Crippen LogP contribution is 2.32. The summed E-state index contributed by atoms with van der Waals surface area (Å²) in [7, 11) is 0. The average molecular weight is 448 g/mol. The zero-order valence-corrected chi connectivity index (χ0v) is 16.3. The maximum absolute atomic E-state index is 12.5. The van der Waals surface area contributed by atoms with Crippen molar-refractivity contribution >= 4 is 68.1 Å². The molecular formula is C17H10BrN3O3S2. The third kappa shape index (κ3) is 4.24. The molecule has 0 bridgehead atoms. The number of nitro groups is 1. The molecule has 6 nitrogen and oxygen atoms in total. The summed E-state index contributed by atoms with van der Waals surface area (Å²) in [5, 5.41) is 15.9. The summed E-state index contributed by atoms with van der Waals surface area (Å²) in [4.78, 5) is 23.2. The zero-order chi connectivity index (χ0) is 18.7. The van der Waals surface area contributed by atoms with Gasteiger partial charge < -0.3 is 0 Å². The molecule has 0 unspecified atom stereocenters. The van der Waals surface area contributed by atoms with Crippen molar-refractivity contribution in [2.75, 3.05) is 0 Å². The molecular weight excluding hydrogens is 438 g/mol. The van der Waals surface area contributed by atoms with Gasteiger partial charge in [-0.05, 0) is 53.7 Å². The number of halogens is 1. The van der Waals surface area contributed by atoms with Crippen LogP contribution >= 0.6 is 39.9 Å². The molecule has 1 heterocycles. The van der Waals surface area contributed by atoms with Gasteiger partial charge in [0, 0.05) is 16.6 Å². The molecule has 3 rings (SSSR count). The quantitative estimate of drug-likeness (QED) is 0.225. The number of benzene rings is 2. The number of non-ortho nitro benzene ring substituents is 1. The van der Waals surface area contributed by atoms with E-state index in [0.717, 1.165) is 15.0 Å². The van der Waals surface area contributed by atoms with Gasteiger partial charge in [-0.25, -0.2) is 0 Å². The number of carbonyl (C=O) groups excluding carboxylic acids is 1. The molecule has 2 aromatic carbocycles. The summed E-state index contributed by atoms with van der Waals surface area (Å²) in [6.45, 7) is 0. The first-order valence-corrected chi connectivity index (χ1v) is 9.28. The van der Waals surface area contributed by atoms with Crippen LogP contribution in [0.1, 0.15) is 11.1 Å². The molecule has 2 aromatic rings. The first-order chi connectivity index (χ1) is 12.4. The summed E-state index contributed by atoms with van der Waals surface area (Å²) in [6, 6.07) is 13.4. The summed E-state index contributed by atoms with van der Waals surface area (Å²) in [5.74, 6) is -0.305. The van der Waals surface area contributed by atoms with Gasteiger partial charge >= 0.3 is 0 Å². The number of hydrogen-bond donors (Lipinski definition) is 0. The molecule has 0 radical (unpaired) electrons. The maximum Gasteiger partial charge on any atom is 0.286 e. The zero-order valence-electron chi connectivity index (χ0n) is 13.0. The minimum absolute atomic E-state index is 0.00908. The van der Waals surface area contributed by atoms with Gasteiger partial charge in [0.15, 0.2) is 4.32 Å². The van der Waals surface area contributed by atoms with Gasteiger partial charge in [0.1, 0.15) is 0 Å². The number of carbonyl (C=O) groups is 1. The van der Waals surface area contributed by atoms with Crippen molar-refractivity contribution in [3.8, 4) is 0 Å². The van der Waals surface area contributed by atoms with E-state index in [9.17, 15) is 14.9 Å². The van der Waals surface area contributed by atoms with Crippen LogP contribution in [-0.2, 0) is 4.79 Å². The van der Waals surface area contributed by atoms with E-state index >= 15 is 0 Å². The van der Waals surface area contributed by atoms with Crippen molar-refractivity contribution < 1.29 is 9.72 Å². The molecule has 0 atom stereocenters. The Bertz CT molecular complexity index is 941. The van der Waals surface area contributed by atoms with Crippen LogP contribution < -0.4 is 0 Å². The van der Waals surface area contributed by atoms with Gasteiger partial charge in [-0.2, -0.15) is 10.1 Å². The van der Waals surface area contributed by atoms with Crippen LogP contribution in [0.15, 0.2) is 63.0 Å². The second kappa shape index (κ2) is 7.90. The molecule has 1 fully saturated rings. The highest BCUT2D eigenvalue weighted by molar-refractivity contribution is 9.10. The van der Waals surface area contributed by atoms with Crippen molar-refractivity contribution in [1.82, 2.24) is 5.01 Å². The number of nitrogens with zero attached hydrogens (tertiary/aromatic N) is 3. The minimum Gasteiger partial charge on any atom is -0.266 e. The Morgan fingerprint density at radius 1 is 1.12 bits per heavy atom. The molecule has 1 aliphatic rings. The first kappa shape index (κ1) is 18.4. The van der Waals surface area contributed by atoms with Crippen molar-refractivity contribution in [2.24, 2.45) is 5.10 Å². The van der Waals surface area contributed by atoms with Gasteiger partial charge in [-0.3, -0.25) is 14.9 Å². The van der Waals surface area contributed by atoms with E-state index in [1.165, 1.54) is 30.1 Å². The topological polar surface area (TPSA) is 75.8 Å². The highest BCUT2D eigenvalue weighted by atomic mass is 79.9. The summed E-state index contributed by atoms with van der Waals surface area (Å²) in [5.41, 5.74) is 1.50. The smallest absolute Gasteiger partial charge is 0.266 e. The third-order valence-electron chi connectivity index (χ3n) is 3.37. The normalized spacial score (nSPS) is 16.0. The predicted molar refractivity (Wildman–Crippen MR) is 110 cm³/mol. The van der Waals surface area contributed by atoms with Crippen molar-refractivity contribution in [3.05, 3.63) is 79.2 Å². The summed E-state index contributed by atoms with van der Waals surface area (Å²) in [6.07, 6.45) is 3.20. The molecule has 130 valence electrons. The lowest BCUT2D eigenvalue weighted by atomic mass is 10.2. The number of thiocarbonyl (C=S) groups is 1. The fourth-order valence-electron chi connectivity index (χ4n) is 2.08. The Morgan fingerprint density at radius 2 is 1.73 bits per heavy atom. The maximum atomic E-state index is 12.5. The van der Waals surface area contributed by atoms with E-state index in [0.29, 0.717) is 14.8 Å². The minimum atomic E-state index is -0.476. The lowest BCUT2D eigenvalue weighted by molar-refractivity contribution is -0.384. The molecule has 9 heteroatoms. The van der Waals surface area contributed by atoms with Gasteiger partial charge in [0.05, 0.1) is 16.0 Å². The number of hydrogen-bond acceptors (Lipinski definition) is 6. The molecule has 0 spiro atoms. The molecule has 0 saturated carbocycles. The van der Waals surface area contributed by atoms with Crippen LogP contribution in [-0.4, -0.2) is 26.4 Å². The molecule has 0 N–H and O–H groups in total. The lowest BCUT2D eigenvalue weighted by Gasteiger charge is -2.05. The number of hydrazone groups is 1. The van der Waals surface area contributed by atoms with E-state index in [-0.39, 0.29) is 11.6 Å². The van der Waals surface area contributed by atoms with Gasteiger partial charge in [-0.15, -0.1) is 0 Å². The molecule has 1 saturated heterocycles. The van der Waals surface area contributed by atoms with Crippen LogP contribution in [0, 0.1) is 10.1 Å². The SMILES string of the molecule is O=C1/C(=C\c2ccc(Br)cc2)SC(=S)N1/N=C/c1ccc([N+](=O)[O-])cc1. The van der Waals surface area contributed by atoms with E-state index in [1.54, 1.807) is 18.2 Å². The van der Waals surface area contributed by atoms with Crippen LogP contribution in [0.5, 0.6) is 0 Å². The molecule has 1 aliphatic heterocycles. The fraction of sp³-hybridized carbons (Fsp3) is 0. The standard InChI is InChI=1S/C17H10BrN3O3S2/c18-13-5-1-11(2-6-13)9-15-16(22)20(17(25)26-15)19-10-12-3-7-14(8-4-12)21(23)24/h1-10H/b15-9+,19-10+.